The first kappa shape index (κ1) is 20.8. The van der Waals surface area contributed by atoms with Crippen LogP contribution in [0.25, 0.3) is 0 Å². The van der Waals surface area contributed by atoms with E-state index in [1.165, 1.54) is 17.0 Å². The van der Waals surface area contributed by atoms with Gasteiger partial charge in [0, 0.05) is 23.8 Å². The van der Waals surface area contributed by atoms with E-state index in [0.717, 1.165) is 12.8 Å². The summed E-state index contributed by atoms with van der Waals surface area (Å²) >= 11 is 0. The zero-order chi connectivity index (χ0) is 20.9. The number of nitriles is 1. The van der Waals surface area contributed by atoms with Crippen LogP contribution in [0.15, 0.2) is 53.4 Å². The summed E-state index contributed by atoms with van der Waals surface area (Å²) in [7, 11) is -3.66. The van der Waals surface area contributed by atoms with E-state index in [-0.39, 0.29) is 35.4 Å². The molecule has 29 heavy (non-hydrogen) atoms. The second-order valence-electron chi connectivity index (χ2n) is 6.72. The quantitative estimate of drug-likeness (QED) is 0.681. The highest BCUT2D eigenvalue weighted by atomic mass is 32.2. The summed E-state index contributed by atoms with van der Waals surface area (Å²) in [6.07, 6.45) is 1.81. The van der Waals surface area contributed by atoms with Crippen molar-refractivity contribution in [3.63, 3.8) is 0 Å². The fourth-order valence-electron chi connectivity index (χ4n) is 2.84. The van der Waals surface area contributed by atoms with E-state index in [2.05, 4.69) is 4.72 Å². The summed E-state index contributed by atoms with van der Waals surface area (Å²) in [5.74, 6) is 0.316. The van der Waals surface area contributed by atoms with Crippen LogP contribution in [-0.2, 0) is 10.0 Å². The third-order valence-electron chi connectivity index (χ3n) is 4.44. The van der Waals surface area contributed by atoms with Crippen molar-refractivity contribution in [3.8, 4) is 11.8 Å². The molecule has 1 aliphatic rings. The molecule has 8 heteroatoms. The van der Waals surface area contributed by atoms with Gasteiger partial charge in [0.1, 0.15) is 5.75 Å². The smallest absolute Gasteiger partial charge is 0.258 e. The van der Waals surface area contributed by atoms with Crippen LogP contribution < -0.4 is 14.4 Å². The lowest BCUT2D eigenvalue weighted by Gasteiger charge is -2.22. The van der Waals surface area contributed by atoms with E-state index in [0.29, 0.717) is 18.0 Å². The standard InChI is InChI=1S/C21H23N3O4S/c1-2-28-19-11-9-18(10-12-19)24(14-4-13-22)21(25)16-5-3-6-20(15-16)29(26,27)23-17-7-8-17/h3,5-6,9-12,15,17,23H,2,4,7-8,14H2,1H3. The lowest BCUT2D eigenvalue weighted by atomic mass is 10.1. The maximum atomic E-state index is 13.1. The van der Waals surface area contributed by atoms with E-state index in [1.54, 1.807) is 36.4 Å². The van der Waals surface area contributed by atoms with Gasteiger partial charge in [-0.1, -0.05) is 6.07 Å². The SMILES string of the molecule is CCOc1ccc(N(CCC#N)C(=O)c2cccc(S(=O)(=O)NC3CC3)c2)cc1. The fourth-order valence-corrected chi connectivity index (χ4v) is 4.19. The van der Waals surface area contributed by atoms with Crippen LogP contribution in [0, 0.1) is 11.3 Å². The van der Waals surface area contributed by atoms with E-state index in [4.69, 9.17) is 10.00 Å². The number of carbonyl (C=O) groups is 1. The maximum Gasteiger partial charge on any atom is 0.258 e. The molecule has 3 rings (SSSR count). The minimum Gasteiger partial charge on any atom is -0.494 e. The number of benzene rings is 2. The van der Waals surface area contributed by atoms with Gasteiger partial charge in [-0.15, -0.1) is 0 Å². The molecule has 2 aromatic rings. The molecular weight excluding hydrogens is 390 g/mol. The van der Waals surface area contributed by atoms with Gasteiger partial charge in [-0.05, 0) is 62.2 Å². The van der Waals surface area contributed by atoms with Gasteiger partial charge in [0.05, 0.1) is 24.0 Å². The molecule has 0 spiro atoms. The van der Waals surface area contributed by atoms with E-state index < -0.39 is 10.0 Å². The molecule has 0 heterocycles. The molecule has 0 radical (unpaired) electrons. The first-order chi connectivity index (χ1) is 13.9. The van der Waals surface area contributed by atoms with Crippen molar-refractivity contribution in [2.45, 2.75) is 37.1 Å². The maximum absolute atomic E-state index is 13.1. The van der Waals surface area contributed by atoms with Gasteiger partial charge >= 0.3 is 0 Å². The molecular formula is C21H23N3O4S. The number of anilines is 1. The number of hydrogen-bond donors (Lipinski definition) is 1. The van der Waals surface area contributed by atoms with Crippen LogP contribution in [-0.4, -0.2) is 33.5 Å². The van der Waals surface area contributed by atoms with Crippen LogP contribution in [0.5, 0.6) is 5.75 Å². The summed E-state index contributed by atoms with van der Waals surface area (Å²) in [4.78, 5) is 14.7. The largest absolute Gasteiger partial charge is 0.494 e. The van der Waals surface area contributed by atoms with Gasteiger partial charge in [0.15, 0.2) is 0 Å². The molecule has 1 fully saturated rings. The van der Waals surface area contributed by atoms with Gasteiger partial charge in [-0.2, -0.15) is 5.26 Å². The number of rotatable bonds is 9. The van der Waals surface area contributed by atoms with Crippen molar-refractivity contribution in [2.24, 2.45) is 0 Å². The summed E-state index contributed by atoms with van der Waals surface area (Å²) in [5.41, 5.74) is 0.855. The van der Waals surface area contributed by atoms with E-state index >= 15 is 0 Å². The highest BCUT2D eigenvalue weighted by molar-refractivity contribution is 7.89. The van der Waals surface area contributed by atoms with Crippen LogP contribution in [0.2, 0.25) is 0 Å². The van der Waals surface area contributed by atoms with Crippen molar-refractivity contribution in [1.29, 1.82) is 5.26 Å². The van der Waals surface area contributed by atoms with Crippen molar-refractivity contribution in [3.05, 3.63) is 54.1 Å². The van der Waals surface area contributed by atoms with Crippen LogP contribution in [0.4, 0.5) is 5.69 Å². The Morgan fingerprint density at radius 2 is 1.97 bits per heavy atom. The molecule has 0 saturated heterocycles. The lowest BCUT2D eigenvalue weighted by molar-refractivity contribution is 0.0987. The molecule has 1 N–H and O–H groups in total. The number of ether oxygens (including phenoxy) is 1. The van der Waals surface area contributed by atoms with Gasteiger partial charge in [-0.25, -0.2) is 13.1 Å². The molecule has 1 aliphatic carbocycles. The number of amides is 1. The van der Waals surface area contributed by atoms with Gasteiger partial charge in [0.2, 0.25) is 10.0 Å². The second kappa shape index (κ2) is 9.07. The monoisotopic (exact) mass is 413 g/mol. The Labute approximate surface area is 171 Å². The highest BCUT2D eigenvalue weighted by Gasteiger charge is 2.28. The third kappa shape index (κ3) is 5.34. The summed E-state index contributed by atoms with van der Waals surface area (Å²) in [6, 6.07) is 15.0. The number of nitrogens with zero attached hydrogens (tertiary/aromatic N) is 2. The molecule has 152 valence electrons. The Hall–Kier alpha value is -2.89. The Morgan fingerprint density at radius 3 is 2.59 bits per heavy atom. The van der Waals surface area contributed by atoms with Crippen molar-refractivity contribution in [2.75, 3.05) is 18.1 Å². The average molecular weight is 413 g/mol. The highest BCUT2D eigenvalue weighted by Crippen LogP contribution is 2.24. The van der Waals surface area contributed by atoms with Crippen molar-refractivity contribution in [1.82, 2.24) is 4.72 Å². The topological polar surface area (TPSA) is 99.5 Å². The van der Waals surface area contributed by atoms with E-state index in [1.807, 2.05) is 13.0 Å². The summed E-state index contributed by atoms with van der Waals surface area (Å²) in [6.45, 7) is 2.61. The summed E-state index contributed by atoms with van der Waals surface area (Å²) in [5, 5.41) is 8.97. The van der Waals surface area contributed by atoms with Crippen LogP contribution in [0.3, 0.4) is 0 Å². The molecule has 1 saturated carbocycles. The first-order valence-corrected chi connectivity index (χ1v) is 11.0. The Bertz CT molecular complexity index is 1010. The molecule has 0 atom stereocenters. The van der Waals surface area contributed by atoms with Gasteiger partial charge < -0.3 is 9.64 Å². The Kier molecular flexibility index (Phi) is 6.52. The molecule has 0 bridgehead atoms. The van der Waals surface area contributed by atoms with Crippen molar-refractivity contribution < 1.29 is 17.9 Å². The minimum atomic E-state index is -3.66. The fraction of sp³-hybridized carbons (Fsp3) is 0.333. The van der Waals surface area contributed by atoms with Gasteiger partial charge in [0.25, 0.3) is 5.91 Å². The third-order valence-corrected chi connectivity index (χ3v) is 5.96. The second-order valence-corrected chi connectivity index (χ2v) is 8.43. The van der Waals surface area contributed by atoms with Crippen molar-refractivity contribution >= 4 is 21.6 Å². The molecule has 0 aromatic heterocycles. The van der Waals surface area contributed by atoms with Crippen LogP contribution >= 0.6 is 0 Å². The number of carbonyl (C=O) groups excluding carboxylic acids is 1. The normalized spacial score (nSPS) is 13.5. The summed E-state index contributed by atoms with van der Waals surface area (Å²) < 4.78 is 33.0. The molecule has 0 unspecified atom stereocenters. The Balaban J connectivity index is 1.87. The minimum absolute atomic E-state index is 0.0182. The van der Waals surface area contributed by atoms with Crippen LogP contribution in [0.1, 0.15) is 36.5 Å². The van der Waals surface area contributed by atoms with E-state index in [9.17, 15) is 13.2 Å². The number of hydrogen-bond acceptors (Lipinski definition) is 5. The molecule has 0 aliphatic heterocycles. The lowest BCUT2D eigenvalue weighted by Crippen LogP contribution is -2.32. The first-order valence-electron chi connectivity index (χ1n) is 9.48. The predicted octanol–water partition coefficient (Wildman–Crippen LogP) is 3.09. The molecule has 2 aromatic carbocycles. The zero-order valence-corrected chi connectivity index (χ0v) is 17.0. The predicted molar refractivity (Wildman–Crippen MR) is 109 cm³/mol. The molecule has 1 amide bonds. The Morgan fingerprint density at radius 1 is 1.24 bits per heavy atom. The zero-order valence-electron chi connectivity index (χ0n) is 16.2. The number of sulfonamides is 1. The van der Waals surface area contributed by atoms with Gasteiger partial charge in [-0.3, -0.25) is 4.79 Å². The molecule has 7 nitrogen and oxygen atoms in total. The average Bonchev–Trinajstić information content (AvgIpc) is 3.53. The number of nitrogens with one attached hydrogen (secondary N) is 1.